The van der Waals surface area contributed by atoms with Gasteiger partial charge in [-0.2, -0.15) is 5.10 Å². The Hall–Kier alpha value is -1.39. The summed E-state index contributed by atoms with van der Waals surface area (Å²) in [7, 11) is 1.70. The molecule has 0 radical (unpaired) electrons. The predicted molar refractivity (Wildman–Crippen MR) is 79.9 cm³/mol. The Morgan fingerprint density at radius 1 is 1.25 bits per heavy atom. The van der Waals surface area contributed by atoms with Gasteiger partial charge < -0.3 is 4.74 Å². The highest BCUT2D eigenvalue weighted by molar-refractivity contribution is 6.30. The Morgan fingerprint density at radius 3 is 2.40 bits per heavy atom. The lowest BCUT2D eigenvalue weighted by Crippen LogP contribution is -2.16. The summed E-state index contributed by atoms with van der Waals surface area (Å²) in [6, 6.07) is 7.67. The molecule has 0 fully saturated rings. The van der Waals surface area contributed by atoms with E-state index >= 15 is 0 Å². The average Bonchev–Trinajstić information content (AvgIpc) is 2.85. The Labute approximate surface area is 124 Å². The molecule has 20 heavy (non-hydrogen) atoms. The second-order valence-electron chi connectivity index (χ2n) is 5.82. The highest BCUT2D eigenvalue weighted by Gasteiger charge is 2.20. The molecule has 1 atom stereocenters. The molecule has 0 aliphatic heterocycles. The molecule has 1 unspecified atom stereocenters. The third-order valence-electron chi connectivity index (χ3n) is 3.09. The monoisotopic (exact) mass is 293 g/mol. The summed E-state index contributed by atoms with van der Waals surface area (Å²) in [5, 5.41) is 5.23. The molecule has 4 nitrogen and oxygen atoms in total. The van der Waals surface area contributed by atoms with E-state index in [1.807, 2.05) is 28.9 Å². The number of hydrogen-bond acceptors (Lipinski definition) is 3. The zero-order valence-electron chi connectivity index (χ0n) is 12.3. The zero-order chi connectivity index (χ0) is 14.8. The summed E-state index contributed by atoms with van der Waals surface area (Å²) in [5.74, 6) is 0.837. The number of aromatic nitrogens is 3. The Kier molecular flexibility index (Phi) is 4.45. The summed E-state index contributed by atoms with van der Waals surface area (Å²) in [6.45, 7) is 6.92. The van der Waals surface area contributed by atoms with E-state index in [-0.39, 0.29) is 11.5 Å². The number of benzene rings is 1. The normalized spacial score (nSPS) is 13.4. The number of ether oxygens (including phenoxy) is 1. The maximum Gasteiger partial charge on any atom is 0.155 e. The van der Waals surface area contributed by atoms with Crippen molar-refractivity contribution in [1.29, 1.82) is 0 Å². The molecule has 0 aliphatic carbocycles. The SMILES string of the molecule is COC(Cn1cnc(C(C)(C)C)n1)c1ccc(Cl)cc1. The molecular formula is C15H20ClN3O. The van der Waals surface area contributed by atoms with Crippen molar-refractivity contribution in [2.24, 2.45) is 0 Å². The van der Waals surface area contributed by atoms with Crippen LogP contribution in [-0.4, -0.2) is 21.9 Å². The van der Waals surface area contributed by atoms with Gasteiger partial charge in [0.25, 0.3) is 0 Å². The molecule has 1 heterocycles. The average molecular weight is 294 g/mol. The molecule has 0 saturated carbocycles. The number of methoxy groups -OCH3 is 1. The topological polar surface area (TPSA) is 39.9 Å². The molecule has 2 rings (SSSR count). The van der Waals surface area contributed by atoms with Crippen LogP contribution in [0.25, 0.3) is 0 Å². The van der Waals surface area contributed by atoms with E-state index in [1.165, 1.54) is 0 Å². The van der Waals surface area contributed by atoms with E-state index in [9.17, 15) is 0 Å². The largest absolute Gasteiger partial charge is 0.375 e. The summed E-state index contributed by atoms with van der Waals surface area (Å²) in [4.78, 5) is 4.36. The highest BCUT2D eigenvalue weighted by atomic mass is 35.5. The first kappa shape index (κ1) is 15.0. The van der Waals surface area contributed by atoms with Crippen LogP contribution in [0.4, 0.5) is 0 Å². The van der Waals surface area contributed by atoms with Crippen molar-refractivity contribution in [3.8, 4) is 0 Å². The van der Waals surface area contributed by atoms with Gasteiger partial charge in [0.05, 0.1) is 6.54 Å². The standard InChI is InChI=1S/C15H20ClN3O/c1-15(2,3)14-17-10-19(18-14)9-13(20-4)11-5-7-12(16)8-6-11/h5-8,10,13H,9H2,1-4H3. The first-order chi connectivity index (χ1) is 9.40. The molecule has 0 bridgehead atoms. The number of halogens is 1. The van der Waals surface area contributed by atoms with Crippen LogP contribution in [-0.2, 0) is 16.7 Å². The van der Waals surface area contributed by atoms with Crippen LogP contribution in [0.5, 0.6) is 0 Å². The van der Waals surface area contributed by atoms with E-state index in [2.05, 4.69) is 30.9 Å². The minimum Gasteiger partial charge on any atom is -0.375 e. The summed E-state index contributed by atoms with van der Waals surface area (Å²) in [6.07, 6.45) is 1.68. The van der Waals surface area contributed by atoms with Crippen LogP contribution in [0.2, 0.25) is 5.02 Å². The smallest absolute Gasteiger partial charge is 0.155 e. The number of hydrogen-bond donors (Lipinski definition) is 0. The lowest BCUT2D eigenvalue weighted by Gasteiger charge is -2.16. The summed E-state index contributed by atoms with van der Waals surface area (Å²) >= 11 is 5.90. The minimum atomic E-state index is -0.0678. The van der Waals surface area contributed by atoms with Crippen LogP contribution in [0.15, 0.2) is 30.6 Å². The van der Waals surface area contributed by atoms with Crippen molar-refractivity contribution in [2.75, 3.05) is 7.11 Å². The molecule has 108 valence electrons. The maximum absolute atomic E-state index is 5.90. The van der Waals surface area contributed by atoms with Crippen molar-refractivity contribution in [2.45, 2.75) is 38.8 Å². The van der Waals surface area contributed by atoms with Crippen LogP contribution in [0.1, 0.15) is 38.3 Å². The third-order valence-corrected chi connectivity index (χ3v) is 3.34. The van der Waals surface area contributed by atoms with Gasteiger partial charge in [0.2, 0.25) is 0 Å². The Bertz CT molecular complexity index is 557. The van der Waals surface area contributed by atoms with Gasteiger partial charge in [0, 0.05) is 17.5 Å². The molecular weight excluding hydrogens is 274 g/mol. The fourth-order valence-electron chi connectivity index (χ4n) is 1.89. The zero-order valence-corrected chi connectivity index (χ0v) is 13.1. The van der Waals surface area contributed by atoms with Crippen molar-refractivity contribution < 1.29 is 4.74 Å². The van der Waals surface area contributed by atoms with E-state index in [1.54, 1.807) is 13.4 Å². The molecule has 0 aliphatic rings. The van der Waals surface area contributed by atoms with Crippen LogP contribution >= 0.6 is 11.6 Å². The van der Waals surface area contributed by atoms with Gasteiger partial charge in [-0.15, -0.1) is 0 Å². The van der Waals surface area contributed by atoms with E-state index < -0.39 is 0 Å². The molecule has 1 aromatic heterocycles. The first-order valence-electron chi connectivity index (χ1n) is 6.58. The van der Waals surface area contributed by atoms with Gasteiger partial charge in [-0.25, -0.2) is 9.67 Å². The first-order valence-corrected chi connectivity index (χ1v) is 6.96. The number of nitrogens with zero attached hydrogens (tertiary/aromatic N) is 3. The van der Waals surface area contributed by atoms with Crippen LogP contribution < -0.4 is 0 Å². The van der Waals surface area contributed by atoms with E-state index in [4.69, 9.17) is 16.3 Å². The van der Waals surface area contributed by atoms with Gasteiger partial charge >= 0.3 is 0 Å². The maximum atomic E-state index is 5.90. The third kappa shape index (κ3) is 3.58. The molecule has 1 aromatic carbocycles. The second kappa shape index (κ2) is 5.94. The van der Waals surface area contributed by atoms with Gasteiger partial charge in [-0.3, -0.25) is 0 Å². The van der Waals surface area contributed by atoms with Crippen molar-refractivity contribution in [3.05, 3.63) is 47.0 Å². The quantitative estimate of drug-likeness (QED) is 0.864. The molecule has 2 aromatic rings. The Morgan fingerprint density at radius 2 is 1.90 bits per heavy atom. The van der Waals surface area contributed by atoms with E-state index in [0.29, 0.717) is 6.54 Å². The Balaban J connectivity index is 2.14. The minimum absolute atomic E-state index is 0.0475. The van der Waals surface area contributed by atoms with E-state index in [0.717, 1.165) is 16.4 Å². The van der Waals surface area contributed by atoms with Crippen LogP contribution in [0.3, 0.4) is 0 Å². The predicted octanol–water partition coefficient (Wildman–Crippen LogP) is 3.62. The molecule has 0 N–H and O–H groups in total. The fraction of sp³-hybridized carbons (Fsp3) is 0.467. The second-order valence-corrected chi connectivity index (χ2v) is 6.25. The molecule has 0 spiro atoms. The van der Waals surface area contributed by atoms with Gasteiger partial charge in [-0.1, -0.05) is 44.5 Å². The van der Waals surface area contributed by atoms with Crippen molar-refractivity contribution in [3.63, 3.8) is 0 Å². The summed E-state index contributed by atoms with van der Waals surface area (Å²) in [5.41, 5.74) is 1.03. The van der Waals surface area contributed by atoms with Gasteiger partial charge in [0.1, 0.15) is 12.4 Å². The number of rotatable bonds is 4. The molecule has 5 heteroatoms. The fourth-order valence-corrected chi connectivity index (χ4v) is 2.02. The van der Waals surface area contributed by atoms with Crippen molar-refractivity contribution in [1.82, 2.24) is 14.8 Å². The highest BCUT2D eigenvalue weighted by Crippen LogP contribution is 2.22. The molecule has 0 saturated heterocycles. The molecule has 0 amide bonds. The lowest BCUT2D eigenvalue weighted by atomic mass is 9.96. The van der Waals surface area contributed by atoms with Gasteiger partial charge in [-0.05, 0) is 17.7 Å². The van der Waals surface area contributed by atoms with Crippen molar-refractivity contribution >= 4 is 11.6 Å². The van der Waals surface area contributed by atoms with Crippen LogP contribution in [0, 0.1) is 0 Å². The summed E-state index contributed by atoms with van der Waals surface area (Å²) < 4.78 is 7.37. The van der Waals surface area contributed by atoms with Gasteiger partial charge in [0.15, 0.2) is 5.82 Å². The lowest BCUT2D eigenvalue weighted by molar-refractivity contribution is 0.0843.